The van der Waals surface area contributed by atoms with Crippen molar-refractivity contribution in [1.29, 1.82) is 0 Å². The molecule has 1 atom stereocenters. The number of carbonyl (C=O) groups is 1. The zero-order valence-electron chi connectivity index (χ0n) is 13.4. The Morgan fingerprint density at radius 1 is 1.44 bits per heavy atom. The number of rotatable bonds is 3. The van der Waals surface area contributed by atoms with Crippen LogP contribution in [-0.4, -0.2) is 51.5 Å². The minimum Gasteiger partial charge on any atom is -0.439 e. The van der Waals surface area contributed by atoms with Crippen LogP contribution in [-0.2, 0) is 17.9 Å². The minimum atomic E-state index is -0.319. The summed E-state index contributed by atoms with van der Waals surface area (Å²) in [7, 11) is 0. The van der Waals surface area contributed by atoms with Crippen molar-refractivity contribution in [3.05, 3.63) is 39.1 Å². The highest BCUT2D eigenvalue weighted by molar-refractivity contribution is 9.10. The van der Waals surface area contributed by atoms with Gasteiger partial charge in [0.25, 0.3) is 0 Å². The van der Waals surface area contributed by atoms with Gasteiger partial charge in [0.05, 0.1) is 36.3 Å². The summed E-state index contributed by atoms with van der Waals surface area (Å²) in [6, 6.07) is 5.59. The Hall–Kier alpha value is -1.41. The third-order valence-corrected chi connectivity index (χ3v) is 5.89. The molecular weight excluding hydrogens is 410 g/mol. The summed E-state index contributed by atoms with van der Waals surface area (Å²) >= 11 is 9.70. The van der Waals surface area contributed by atoms with Crippen LogP contribution in [0.15, 0.2) is 27.1 Å². The molecule has 2 aromatic rings. The summed E-state index contributed by atoms with van der Waals surface area (Å²) < 4.78 is 6.64. The van der Waals surface area contributed by atoms with Gasteiger partial charge in [-0.25, -0.2) is 4.98 Å². The normalized spacial score (nSPS) is 20.3. The van der Waals surface area contributed by atoms with Crippen molar-refractivity contribution < 1.29 is 14.3 Å². The number of hydrogen-bond acceptors (Lipinski definition) is 5. The quantitative estimate of drug-likeness (QED) is 0.817. The third-order valence-electron chi connectivity index (χ3n) is 4.59. The Labute approximate surface area is 158 Å². The first-order valence-corrected chi connectivity index (χ1v) is 9.29. The van der Waals surface area contributed by atoms with Gasteiger partial charge in [0.1, 0.15) is 11.5 Å². The summed E-state index contributed by atoms with van der Waals surface area (Å²) in [5, 5.41) is 10.1. The third kappa shape index (κ3) is 3.33. The molecule has 6 nitrogen and oxygen atoms in total. The first-order chi connectivity index (χ1) is 12.0. The molecule has 3 heterocycles. The summed E-state index contributed by atoms with van der Waals surface area (Å²) in [4.78, 5) is 20.7. The topological polar surface area (TPSA) is 69.8 Å². The van der Waals surface area contributed by atoms with Crippen molar-refractivity contribution in [2.75, 3.05) is 19.6 Å². The molecule has 132 valence electrons. The number of hydrogen-bond donors (Lipinski definition) is 1. The van der Waals surface area contributed by atoms with E-state index >= 15 is 0 Å². The summed E-state index contributed by atoms with van der Waals surface area (Å²) in [5.41, 5.74) is 1.51. The van der Waals surface area contributed by atoms with Gasteiger partial charge in [-0.1, -0.05) is 17.7 Å². The SMILES string of the molecule is O=C(CN1CCC(O)C1)N1Cc2nc(-c3cccc(Br)c3Cl)oc2C1. The lowest BCUT2D eigenvalue weighted by molar-refractivity contribution is -0.133. The lowest BCUT2D eigenvalue weighted by Gasteiger charge is -2.20. The molecule has 25 heavy (non-hydrogen) atoms. The number of halogens is 2. The molecule has 0 radical (unpaired) electrons. The molecule has 1 aromatic carbocycles. The fourth-order valence-electron chi connectivity index (χ4n) is 3.25. The van der Waals surface area contributed by atoms with E-state index in [0.717, 1.165) is 28.7 Å². The molecule has 1 amide bonds. The Balaban J connectivity index is 1.45. The van der Waals surface area contributed by atoms with E-state index in [1.54, 1.807) is 4.90 Å². The van der Waals surface area contributed by atoms with E-state index in [1.165, 1.54) is 0 Å². The summed E-state index contributed by atoms with van der Waals surface area (Å²) in [6.45, 7) is 2.51. The molecule has 0 aliphatic carbocycles. The maximum atomic E-state index is 12.4. The maximum Gasteiger partial charge on any atom is 0.237 e. The molecule has 0 saturated carbocycles. The highest BCUT2D eigenvalue weighted by Gasteiger charge is 2.31. The molecule has 1 N–H and O–H groups in total. The predicted octanol–water partition coefficient (Wildman–Crippen LogP) is 2.67. The number of aromatic nitrogens is 1. The Morgan fingerprint density at radius 2 is 2.28 bits per heavy atom. The zero-order valence-corrected chi connectivity index (χ0v) is 15.8. The number of β-amino-alcohol motifs (C(OH)–C–C–N with tert-alkyl or cyclic N) is 1. The molecule has 1 aromatic heterocycles. The maximum absolute atomic E-state index is 12.4. The lowest BCUT2D eigenvalue weighted by atomic mass is 10.2. The van der Waals surface area contributed by atoms with Crippen LogP contribution in [0.1, 0.15) is 17.9 Å². The van der Waals surface area contributed by atoms with Gasteiger partial charge in [0.15, 0.2) is 0 Å². The summed E-state index contributed by atoms with van der Waals surface area (Å²) in [5.74, 6) is 1.22. The number of fused-ring (bicyclic) bond motifs is 1. The number of carbonyl (C=O) groups excluding carboxylic acids is 1. The van der Waals surface area contributed by atoms with Gasteiger partial charge in [0.2, 0.25) is 11.8 Å². The fourth-order valence-corrected chi connectivity index (χ4v) is 3.82. The molecular formula is C17H17BrClN3O3. The van der Waals surface area contributed by atoms with Crippen molar-refractivity contribution >= 4 is 33.4 Å². The molecule has 0 spiro atoms. The fraction of sp³-hybridized carbons (Fsp3) is 0.412. The molecule has 2 aliphatic rings. The van der Waals surface area contributed by atoms with E-state index in [9.17, 15) is 9.90 Å². The van der Waals surface area contributed by atoms with Gasteiger partial charge in [-0.05, 0) is 34.5 Å². The second kappa shape index (κ2) is 6.72. The van der Waals surface area contributed by atoms with Crippen LogP contribution in [0.2, 0.25) is 5.02 Å². The van der Waals surface area contributed by atoms with Crippen molar-refractivity contribution in [2.24, 2.45) is 0 Å². The zero-order chi connectivity index (χ0) is 17.6. The number of likely N-dealkylation sites (tertiary alicyclic amines) is 1. The van der Waals surface area contributed by atoms with Crippen molar-refractivity contribution in [2.45, 2.75) is 25.6 Å². The van der Waals surface area contributed by atoms with Crippen LogP contribution < -0.4 is 0 Å². The van der Waals surface area contributed by atoms with Crippen molar-refractivity contribution in [3.63, 3.8) is 0 Å². The second-order valence-electron chi connectivity index (χ2n) is 6.42. The van der Waals surface area contributed by atoms with Crippen LogP contribution in [0.4, 0.5) is 0 Å². The second-order valence-corrected chi connectivity index (χ2v) is 7.65. The average Bonchev–Trinajstić information content (AvgIpc) is 3.24. The van der Waals surface area contributed by atoms with Crippen LogP contribution in [0.25, 0.3) is 11.5 Å². The van der Waals surface area contributed by atoms with E-state index in [-0.39, 0.29) is 12.0 Å². The Kier molecular flexibility index (Phi) is 4.58. The average molecular weight is 427 g/mol. The van der Waals surface area contributed by atoms with E-state index < -0.39 is 0 Å². The summed E-state index contributed by atoms with van der Waals surface area (Å²) in [6.07, 6.45) is 0.409. The van der Waals surface area contributed by atoms with Crippen LogP contribution in [0.5, 0.6) is 0 Å². The van der Waals surface area contributed by atoms with Crippen molar-refractivity contribution in [3.8, 4) is 11.5 Å². The van der Waals surface area contributed by atoms with Gasteiger partial charge >= 0.3 is 0 Å². The highest BCUT2D eigenvalue weighted by atomic mass is 79.9. The van der Waals surface area contributed by atoms with Gasteiger partial charge in [-0.2, -0.15) is 0 Å². The van der Waals surface area contributed by atoms with E-state index in [2.05, 4.69) is 20.9 Å². The Bertz CT molecular complexity index is 802. The molecule has 1 saturated heterocycles. The van der Waals surface area contributed by atoms with Gasteiger partial charge in [-0.3, -0.25) is 9.69 Å². The first kappa shape index (κ1) is 17.0. The number of aliphatic hydroxyl groups is 1. The largest absolute Gasteiger partial charge is 0.439 e. The van der Waals surface area contributed by atoms with E-state index in [1.807, 2.05) is 23.1 Å². The molecule has 1 fully saturated rings. The number of benzene rings is 1. The monoisotopic (exact) mass is 425 g/mol. The number of aliphatic hydroxyl groups excluding tert-OH is 1. The number of amides is 1. The van der Waals surface area contributed by atoms with Gasteiger partial charge < -0.3 is 14.4 Å². The molecule has 8 heteroatoms. The standard InChI is InChI=1S/C17H17BrClN3O3/c18-12-3-1-2-11(16(12)19)17-20-13-7-22(8-14(13)25-17)15(24)9-21-5-4-10(23)6-21/h1-3,10,23H,4-9H2. The molecule has 4 rings (SSSR count). The highest BCUT2D eigenvalue weighted by Crippen LogP contribution is 2.35. The van der Waals surface area contributed by atoms with Gasteiger partial charge in [0, 0.05) is 17.6 Å². The van der Waals surface area contributed by atoms with E-state index in [0.29, 0.717) is 42.9 Å². The Morgan fingerprint density at radius 3 is 3.00 bits per heavy atom. The van der Waals surface area contributed by atoms with Crippen LogP contribution in [0, 0.1) is 0 Å². The van der Waals surface area contributed by atoms with Crippen LogP contribution in [0.3, 0.4) is 0 Å². The van der Waals surface area contributed by atoms with Crippen molar-refractivity contribution in [1.82, 2.24) is 14.8 Å². The number of oxazole rings is 1. The molecule has 1 unspecified atom stereocenters. The van der Waals surface area contributed by atoms with E-state index in [4.69, 9.17) is 16.0 Å². The van der Waals surface area contributed by atoms with Gasteiger partial charge in [-0.15, -0.1) is 0 Å². The lowest BCUT2D eigenvalue weighted by Crippen LogP contribution is -2.37. The minimum absolute atomic E-state index is 0.0318. The molecule has 0 bridgehead atoms. The number of nitrogens with zero attached hydrogens (tertiary/aromatic N) is 3. The smallest absolute Gasteiger partial charge is 0.237 e. The predicted molar refractivity (Wildman–Crippen MR) is 96.0 cm³/mol. The molecule has 2 aliphatic heterocycles. The first-order valence-electron chi connectivity index (χ1n) is 8.12. The van der Waals surface area contributed by atoms with Crippen LogP contribution >= 0.6 is 27.5 Å².